The van der Waals surface area contributed by atoms with Gasteiger partial charge < -0.3 is 20.1 Å². The first-order valence-electron chi connectivity index (χ1n) is 9.24. The molecule has 26 heavy (non-hydrogen) atoms. The van der Waals surface area contributed by atoms with Crippen LogP contribution >= 0.6 is 0 Å². The Kier molecular flexibility index (Phi) is 5.79. The summed E-state index contributed by atoms with van der Waals surface area (Å²) < 4.78 is 25.2. The number of fused-ring (bicyclic) bond motifs is 1. The molecule has 4 nitrogen and oxygen atoms in total. The fourth-order valence-electron chi connectivity index (χ4n) is 4.02. The molecule has 0 fully saturated rings. The van der Waals surface area contributed by atoms with Crippen LogP contribution in [-0.4, -0.2) is 26.8 Å². The Balaban J connectivity index is 2.00. The van der Waals surface area contributed by atoms with Crippen molar-refractivity contribution in [2.24, 2.45) is 0 Å². The fraction of sp³-hybridized carbons (Fsp3) is 0.429. The van der Waals surface area contributed by atoms with Crippen LogP contribution in [0.25, 0.3) is 0 Å². The monoisotopic (exact) mass is 360 g/mol. The Hall–Kier alpha value is -2.11. The van der Waals surface area contributed by atoms with E-state index in [-0.39, 0.29) is 17.9 Å². The highest BCUT2D eigenvalue weighted by molar-refractivity contribution is 5.49. The number of quaternary nitrogens is 2. The van der Waals surface area contributed by atoms with E-state index in [1.807, 2.05) is 12.1 Å². The summed E-state index contributed by atoms with van der Waals surface area (Å²) in [6.07, 6.45) is 1.91. The highest BCUT2D eigenvalue weighted by Gasteiger charge is 2.38. The Morgan fingerprint density at radius 1 is 1.19 bits per heavy atom. The maximum Gasteiger partial charge on any atom is 0.166 e. The molecular weight excluding hydrogens is 331 g/mol. The second-order valence-corrected chi connectivity index (χ2v) is 6.98. The Labute approximate surface area is 154 Å². The molecule has 1 unspecified atom stereocenters. The van der Waals surface area contributed by atoms with Crippen molar-refractivity contribution in [1.29, 1.82) is 0 Å². The van der Waals surface area contributed by atoms with E-state index in [0.717, 1.165) is 36.4 Å². The number of hydrogen-bond acceptors (Lipinski definition) is 2. The van der Waals surface area contributed by atoms with Crippen molar-refractivity contribution in [1.82, 2.24) is 0 Å². The second kappa shape index (κ2) is 8.06. The van der Waals surface area contributed by atoms with E-state index in [1.54, 1.807) is 20.3 Å². The second-order valence-electron chi connectivity index (χ2n) is 6.98. The average Bonchev–Trinajstić information content (AvgIpc) is 2.67. The fourth-order valence-corrected chi connectivity index (χ4v) is 4.02. The summed E-state index contributed by atoms with van der Waals surface area (Å²) in [4.78, 5) is 1.36. The van der Waals surface area contributed by atoms with Gasteiger partial charge in [-0.25, -0.2) is 4.39 Å². The molecule has 1 aliphatic heterocycles. The molecule has 0 saturated heterocycles. The first-order chi connectivity index (χ1) is 12.6. The van der Waals surface area contributed by atoms with Gasteiger partial charge in [-0.05, 0) is 23.8 Å². The summed E-state index contributed by atoms with van der Waals surface area (Å²) in [7, 11) is 3.32. The normalized spacial score (nSPS) is 20.3. The molecule has 0 radical (unpaired) electrons. The third-order valence-corrected chi connectivity index (χ3v) is 5.51. The highest BCUT2D eigenvalue weighted by Crippen LogP contribution is 2.35. The van der Waals surface area contributed by atoms with Crippen LogP contribution in [0.3, 0.4) is 0 Å². The minimum absolute atomic E-state index is 0.131. The van der Waals surface area contributed by atoms with Crippen LogP contribution in [0.15, 0.2) is 36.4 Å². The van der Waals surface area contributed by atoms with Crippen molar-refractivity contribution < 1.29 is 24.5 Å². The molecule has 0 aliphatic carbocycles. The van der Waals surface area contributed by atoms with Gasteiger partial charge in [-0.3, -0.25) is 0 Å². The summed E-state index contributed by atoms with van der Waals surface area (Å²) in [5, 5.41) is 0. The first kappa shape index (κ1) is 18.7. The van der Waals surface area contributed by atoms with E-state index >= 15 is 0 Å². The molecule has 2 aromatic rings. The van der Waals surface area contributed by atoms with Gasteiger partial charge in [0.15, 0.2) is 17.5 Å². The highest BCUT2D eigenvalue weighted by atomic mass is 19.1. The molecule has 3 atom stereocenters. The van der Waals surface area contributed by atoms with Gasteiger partial charge in [-0.15, -0.1) is 0 Å². The summed E-state index contributed by atoms with van der Waals surface area (Å²) in [6, 6.07) is 11.7. The van der Waals surface area contributed by atoms with Gasteiger partial charge in [-0.1, -0.05) is 25.1 Å². The van der Waals surface area contributed by atoms with E-state index in [9.17, 15) is 4.39 Å². The van der Waals surface area contributed by atoms with Gasteiger partial charge in [0.2, 0.25) is 0 Å². The lowest BCUT2D eigenvalue weighted by Gasteiger charge is -2.36. The van der Waals surface area contributed by atoms with Crippen LogP contribution in [0.2, 0.25) is 0 Å². The van der Waals surface area contributed by atoms with E-state index in [4.69, 9.17) is 9.47 Å². The lowest BCUT2D eigenvalue weighted by atomic mass is 9.86. The summed E-state index contributed by atoms with van der Waals surface area (Å²) in [6.45, 7) is 3.78. The van der Waals surface area contributed by atoms with Gasteiger partial charge in [0, 0.05) is 24.0 Å². The van der Waals surface area contributed by atoms with Crippen molar-refractivity contribution in [3.05, 3.63) is 58.9 Å². The summed E-state index contributed by atoms with van der Waals surface area (Å²) in [5.74, 6) is 1.38. The number of benzene rings is 2. The largest absolute Gasteiger partial charge is 0.493 e. The molecule has 3 rings (SSSR count). The van der Waals surface area contributed by atoms with Gasteiger partial charge >= 0.3 is 0 Å². The molecule has 0 amide bonds. The summed E-state index contributed by atoms with van der Waals surface area (Å²) in [5.41, 5.74) is 7.70. The van der Waals surface area contributed by atoms with E-state index in [0.29, 0.717) is 6.54 Å². The molecule has 1 heterocycles. The van der Waals surface area contributed by atoms with E-state index in [1.165, 1.54) is 22.1 Å². The minimum Gasteiger partial charge on any atom is -0.493 e. The quantitative estimate of drug-likeness (QED) is 0.821. The molecule has 1 aliphatic rings. The zero-order valence-corrected chi connectivity index (χ0v) is 15.8. The molecule has 0 aromatic heterocycles. The van der Waals surface area contributed by atoms with Crippen LogP contribution < -0.4 is 20.1 Å². The van der Waals surface area contributed by atoms with Gasteiger partial charge in [0.1, 0.15) is 18.4 Å². The number of methoxy groups -OCH3 is 2. The first-order valence-corrected chi connectivity index (χ1v) is 9.24. The van der Waals surface area contributed by atoms with Crippen LogP contribution in [-0.2, 0) is 13.0 Å². The lowest BCUT2D eigenvalue weighted by Crippen LogP contribution is -3.14. The van der Waals surface area contributed by atoms with Crippen LogP contribution in [0.5, 0.6) is 11.5 Å². The maximum atomic E-state index is 14.2. The zero-order valence-electron chi connectivity index (χ0n) is 15.8. The topological polar surface area (TPSA) is 50.5 Å². The van der Waals surface area contributed by atoms with Crippen LogP contribution in [0.1, 0.15) is 36.1 Å². The zero-order chi connectivity index (χ0) is 18.7. The minimum atomic E-state index is -0.131. The Morgan fingerprint density at radius 2 is 1.88 bits per heavy atom. The third-order valence-electron chi connectivity index (χ3n) is 5.51. The van der Waals surface area contributed by atoms with Crippen LogP contribution in [0, 0.1) is 5.82 Å². The number of halogens is 1. The van der Waals surface area contributed by atoms with Gasteiger partial charge in [0.05, 0.1) is 20.8 Å². The van der Waals surface area contributed by atoms with E-state index in [2.05, 4.69) is 24.8 Å². The third kappa shape index (κ3) is 3.55. The molecule has 0 saturated carbocycles. The van der Waals surface area contributed by atoms with E-state index < -0.39 is 0 Å². The SMILES string of the molecule is CC[C@H]([NH3+])[C@H]1c2cc(OC)c(OC)cc2CC[NH+]1Cc1ccccc1F. The molecule has 0 spiro atoms. The van der Waals surface area contributed by atoms with Crippen LogP contribution in [0.4, 0.5) is 4.39 Å². The predicted octanol–water partition coefficient (Wildman–Crippen LogP) is 1.55. The standard InChI is InChI=1S/C21H27FN2O2/c1-4-18(23)21-16-12-20(26-3)19(25-2)11-14(16)9-10-24(21)13-15-7-5-6-8-17(15)22/h5-8,11-12,18,21H,4,9-10,13,23H2,1-3H3/p+2/t18-,21+/m0/s1. The number of ether oxygens (including phenoxy) is 2. The van der Waals surface area contributed by atoms with Crippen molar-refractivity contribution in [3.8, 4) is 11.5 Å². The van der Waals surface area contributed by atoms with Crippen molar-refractivity contribution in [2.45, 2.75) is 38.4 Å². The Morgan fingerprint density at radius 3 is 2.54 bits per heavy atom. The van der Waals surface area contributed by atoms with Crippen molar-refractivity contribution in [3.63, 3.8) is 0 Å². The molecule has 2 aromatic carbocycles. The maximum absolute atomic E-state index is 14.2. The number of nitrogens with one attached hydrogen (secondary N) is 1. The average molecular weight is 360 g/mol. The smallest absolute Gasteiger partial charge is 0.166 e. The molecular formula is C21H29FN2O2+2. The molecule has 5 heteroatoms. The van der Waals surface area contributed by atoms with Crippen molar-refractivity contribution >= 4 is 0 Å². The number of hydrogen-bond donors (Lipinski definition) is 2. The summed E-state index contributed by atoms with van der Waals surface area (Å²) >= 11 is 0. The van der Waals surface area contributed by atoms with Gasteiger partial charge in [0.25, 0.3) is 0 Å². The molecule has 140 valence electrons. The predicted molar refractivity (Wildman–Crippen MR) is 98.9 cm³/mol. The molecule has 0 bridgehead atoms. The lowest BCUT2D eigenvalue weighted by molar-refractivity contribution is -0.957. The number of rotatable bonds is 6. The molecule has 4 N–H and O–H groups in total. The van der Waals surface area contributed by atoms with Gasteiger partial charge in [-0.2, -0.15) is 0 Å². The van der Waals surface area contributed by atoms with Crippen molar-refractivity contribution in [2.75, 3.05) is 20.8 Å². The Bertz CT molecular complexity index is 766.